The highest BCUT2D eigenvalue weighted by Gasteiger charge is 2.60. The molecule has 0 spiro atoms. The molecule has 6 N–H and O–H groups in total. The maximum absolute atomic E-state index is 9.85. The van der Waals surface area contributed by atoms with Crippen LogP contribution in [0.4, 0.5) is 0 Å². The van der Waals surface area contributed by atoms with Gasteiger partial charge in [-0.15, -0.1) is 0 Å². The predicted molar refractivity (Wildman–Crippen MR) is 291 cm³/mol. The number of aliphatic hydroxyl groups excluding tert-OH is 6. The molecule has 0 amide bonds. The predicted octanol–water partition coefficient (Wildman–Crippen LogP) is 6.47. The largest absolute Gasteiger partial charge is 0.400 e. The number of hydrogen-bond acceptors (Lipinski definition) is 19. The van der Waals surface area contributed by atoms with Gasteiger partial charge in [0.1, 0.15) is 40.7 Å². The van der Waals surface area contributed by atoms with E-state index in [-0.39, 0.29) is 44.4 Å². The summed E-state index contributed by atoms with van der Waals surface area (Å²) in [4.78, 5) is 3.36. The van der Waals surface area contributed by atoms with Crippen LogP contribution >= 0.6 is 67.3 Å². The van der Waals surface area contributed by atoms with Crippen LogP contribution in [0.5, 0.6) is 0 Å². The van der Waals surface area contributed by atoms with Crippen molar-refractivity contribution in [3.8, 4) is 0 Å². The molecular formula is C49H91N2O13PS5. The second kappa shape index (κ2) is 28.1. The summed E-state index contributed by atoms with van der Waals surface area (Å²) in [5.41, 5.74) is -2.79. The highest BCUT2D eigenvalue weighted by Crippen LogP contribution is 2.56. The van der Waals surface area contributed by atoms with Crippen molar-refractivity contribution in [2.24, 2.45) is 17.8 Å². The third kappa shape index (κ3) is 13.2. The van der Waals surface area contributed by atoms with E-state index in [1.54, 1.807) is 79.6 Å². The molecule has 25 atom stereocenters. The molecule has 10 rings (SSSR count). The molecular weight excluding hydrogens is 1020 g/mol. The highest BCUT2D eigenvalue weighted by molar-refractivity contribution is 8.01. The fourth-order valence-corrected chi connectivity index (χ4v) is 19.5. The number of ether oxygens (including phenoxy) is 5. The molecule has 10 saturated heterocycles. The molecule has 10 heterocycles. The molecule has 15 nitrogen and oxygen atoms in total. The molecule has 0 aromatic rings. The molecule has 410 valence electrons. The Morgan fingerprint density at radius 3 is 1.39 bits per heavy atom. The molecule has 10 fully saturated rings. The minimum Gasteiger partial charge on any atom is -0.400 e. The van der Waals surface area contributed by atoms with Crippen molar-refractivity contribution in [1.29, 1.82) is 2.86 Å². The van der Waals surface area contributed by atoms with E-state index >= 15 is 0 Å². The van der Waals surface area contributed by atoms with Gasteiger partial charge in [-0.25, -0.2) is 11.2 Å². The second-order valence-corrected chi connectivity index (χ2v) is 26.8. The Labute approximate surface area is 456 Å². The van der Waals surface area contributed by atoms with Crippen LogP contribution in [-0.2, 0) is 32.7 Å². The standard InChI is InChI=1S/C16H29N2O3PS.3C8H14O2S.C7H12O2S.2CH4O/c1-7-16-11-23-14(10-19-16)15(16)21-22(20-9-8-17-6)18(12(2)3)13(4)5;2*1-5-7-3-10-8(5,4-11-7)6(2)9;1-5(2)8-4-11-6(3-10-8)7(8)9;1-2-7-4-10-5(3-9-7)6(7)8;2*1-2/h12-15H,7-11H2,1-5H3;3*5-7,9H,3-4H2,1-2H3;5-6,8H,2-4H2,1H3;2*2H,1H3/t14-,15-,16-,22?;2*5-,6-,7-,8-;6-,7-,8+;5-,6-,7-;;/m00000../s1/i7D,10T;3*3T;2D,3T;2*2T/t7-,10+,14-,15-,16-,22?;2*3-,5-,6-,7-,8-;3-,6-,7-,8+;2-,3+,5-,6-,7-;;. The Morgan fingerprint density at radius 1 is 0.686 bits per heavy atom. The Hall–Kier alpha value is 1.11. The van der Waals surface area contributed by atoms with Crippen molar-refractivity contribution in [1.82, 2.24) is 4.67 Å². The van der Waals surface area contributed by atoms with Crippen LogP contribution in [0.15, 0.2) is 0 Å². The molecule has 10 aliphatic heterocycles. The van der Waals surface area contributed by atoms with E-state index in [2.05, 4.69) is 61.3 Å². The van der Waals surface area contributed by atoms with Gasteiger partial charge in [0.15, 0.2) is 0 Å². The molecule has 10 bridgehead atoms. The number of nitrogens with zero attached hydrogens (tertiary/aromatic N) is 2. The van der Waals surface area contributed by atoms with E-state index in [4.69, 9.17) is 51.8 Å². The topological polar surface area (TPSA) is 194 Å². The van der Waals surface area contributed by atoms with Crippen LogP contribution in [0.2, 0.25) is 0 Å². The highest BCUT2D eigenvalue weighted by atomic mass is 32.2. The second-order valence-electron chi connectivity index (χ2n) is 19.5. The van der Waals surface area contributed by atoms with Gasteiger partial charge in [0.25, 0.3) is 8.53 Å². The lowest BCUT2D eigenvalue weighted by atomic mass is 9.87. The zero-order valence-corrected chi connectivity index (χ0v) is 48.5. The maximum Gasteiger partial charge on any atom is 0.259 e. The number of fused-ring (bicyclic) bond motifs is 10. The van der Waals surface area contributed by atoms with Gasteiger partial charge in [-0.1, -0.05) is 41.5 Å². The first-order valence-corrected chi connectivity index (χ1v) is 30.6. The quantitative estimate of drug-likeness (QED) is 0.0667. The normalized spacial score (nSPS) is 49.8. The van der Waals surface area contributed by atoms with E-state index < -0.39 is 107 Å². The molecule has 1 unspecified atom stereocenters. The molecule has 0 radical (unpaired) electrons. The van der Waals surface area contributed by atoms with Crippen molar-refractivity contribution in [3.63, 3.8) is 0 Å². The first kappa shape index (κ1) is 50.6. The summed E-state index contributed by atoms with van der Waals surface area (Å²) in [5, 5.41) is 46.1. The van der Waals surface area contributed by atoms with Crippen molar-refractivity contribution in [2.45, 2.75) is 193 Å². The monoisotopic (exact) mass is 1120 g/mol. The SMILES string of the molecule is [2H][C@@H](C)[C@@]12CS[C@@H]([C@@H]([3H])O1)[C@@H]2O.[2H][C@@H](C)[C@@]12CS[C@@H]([C@@H]([3H])O1)[C@@H]2OP(OCC[N+]#[C-])N(C(C)C)C(C)C.[3H]OC.[3H]OC.[3H][C@@H]1O[C@@]2(C(C)C)CS[C@@H]1[C@@H]2O.[3H][C@@H]1O[C@@]2([C@H](C)O)CS[C@@H]1[C@@H]2C.[3H][C@@H]1O[C@@]2([C@H](C)O)CS[C@@H]1[C@@H]2C. The number of thioether (sulfide) groups is 5. The summed E-state index contributed by atoms with van der Waals surface area (Å²) in [5.74, 6) is 4.76. The smallest absolute Gasteiger partial charge is 0.259 e. The summed E-state index contributed by atoms with van der Waals surface area (Å²) < 4.78 is 108. The lowest BCUT2D eigenvalue weighted by molar-refractivity contribution is -0.0836. The maximum atomic E-state index is 9.85. The number of rotatable bonds is 13. The molecule has 10 aliphatic rings. The molecule has 0 aromatic heterocycles. The lowest BCUT2D eigenvalue weighted by Gasteiger charge is -2.38. The van der Waals surface area contributed by atoms with Gasteiger partial charge < -0.3 is 68.2 Å². The Morgan fingerprint density at radius 2 is 1.09 bits per heavy atom. The first-order valence-electron chi connectivity index (χ1n) is 29.1. The van der Waals surface area contributed by atoms with Crippen molar-refractivity contribution >= 4 is 67.3 Å². The summed E-state index contributed by atoms with van der Waals surface area (Å²) in [6.07, 6.45) is -3.24. The fraction of sp³-hybridized carbons (Fsp3) is 0.980. The van der Waals surface area contributed by atoms with E-state index in [1.807, 2.05) is 20.8 Å². The van der Waals surface area contributed by atoms with Crippen molar-refractivity contribution < 1.29 is 73.0 Å². The zero-order valence-electron chi connectivity index (χ0n) is 52.5. The first-order chi connectivity index (χ1) is 36.9. The summed E-state index contributed by atoms with van der Waals surface area (Å²) in [6.45, 7) is 28.6. The van der Waals surface area contributed by atoms with Gasteiger partial charge in [0.2, 0.25) is 9.41 Å². The zero-order chi connectivity index (χ0) is 59.9. The van der Waals surface area contributed by atoms with Crippen LogP contribution in [0.3, 0.4) is 0 Å². The van der Waals surface area contributed by atoms with Crippen molar-refractivity contribution in [2.75, 3.05) is 89.1 Å². The van der Waals surface area contributed by atoms with E-state index in [0.29, 0.717) is 42.4 Å². The molecule has 0 aromatic carbocycles. The molecule has 0 saturated carbocycles. The van der Waals surface area contributed by atoms with Gasteiger partial charge in [-0.05, 0) is 60.3 Å². The Kier molecular flexibility index (Phi) is 20.3. The Balaban J connectivity index is 0.000000215. The average molecular weight is 1120 g/mol. The summed E-state index contributed by atoms with van der Waals surface area (Å²) in [7, 11) is 1.20. The fourth-order valence-electron chi connectivity index (χ4n) is 9.83. The van der Waals surface area contributed by atoms with E-state index in [0.717, 1.165) is 17.3 Å². The molecule has 70 heavy (non-hydrogen) atoms. The van der Waals surface area contributed by atoms with Crippen LogP contribution < -0.4 is 0 Å². The van der Waals surface area contributed by atoms with Gasteiger partial charge in [-0.3, -0.25) is 0 Å². The van der Waals surface area contributed by atoms with Gasteiger partial charge in [-0.2, -0.15) is 58.8 Å². The number of aliphatic hydroxyl groups is 6. The lowest BCUT2D eigenvalue weighted by Crippen LogP contribution is -2.45. The third-order valence-corrected chi connectivity index (χ3v) is 24.0. The number of hydrogen-bond donors (Lipinski definition) is 6. The molecule has 21 heteroatoms. The molecule has 0 aliphatic carbocycles. The van der Waals surface area contributed by atoms with Gasteiger partial charge in [0, 0.05) is 80.1 Å². The minimum absolute atomic E-state index is 0.0209. The third-order valence-electron chi connectivity index (χ3n) is 14.8. The van der Waals surface area contributed by atoms with Crippen LogP contribution in [0, 0.1) is 24.3 Å². The minimum atomic E-state index is -1.38. The van der Waals surface area contributed by atoms with Crippen LogP contribution in [0.1, 0.15) is 105 Å². The Bertz CT molecular complexity index is 1740. The van der Waals surface area contributed by atoms with Gasteiger partial charge in [0.05, 0.1) is 79.9 Å². The summed E-state index contributed by atoms with van der Waals surface area (Å²) in [6, 6.07) is 0.450. The summed E-state index contributed by atoms with van der Waals surface area (Å²) >= 11 is 8.42. The van der Waals surface area contributed by atoms with E-state index in [9.17, 15) is 20.4 Å². The van der Waals surface area contributed by atoms with E-state index in [1.165, 1.54) is 14.2 Å². The van der Waals surface area contributed by atoms with Crippen molar-refractivity contribution in [3.05, 3.63) is 11.4 Å². The van der Waals surface area contributed by atoms with Crippen LogP contribution in [0.25, 0.3) is 4.85 Å². The van der Waals surface area contributed by atoms with Gasteiger partial charge >= 0.3 is 0 Å². The van der Waals surface area contributed by atoms with Crippen LogP contribution in [-0.4, -0.2) is 224 Å². The average Bonchev–Trinajstić information content (AvgIpc) is 4.45.